The van der Waals surface area contributed by atoms with Crippen LogP contribution in [0.1, 0.15) is 23.7 Å². The number of carbonyl (C=O) groups excluding carboxylic acids is 1. The molecule has 1 heterocycles. The molecule has 0 spiro atoms. The molecule has 1 fully saturated rings. The van der Waals surface area contributed by atoms with Gasteiger partial charge >= 0.3 is 5.97 Å². The Hall–Kier alpha value is -2.73. The van der Waals surface area contributed by atoms with Crippen molar-refractivity contribution in [3.8, 4) is 0 Å². The lowest BCUT2D eigenvalue weighted by Crippen LogP contribution is -2.44. The van der Waals surface area contributed by atoms with Crippen LogP contribution in [0, 0.1) is 10.1 Å². The fourth-order valence-electron chi connectivity index (χ4n) is 3.07. The monoisotopic (exact) mass is 442 g/mol. The number of nitro groups is 1. The van der Waals surface area contributed by atoms with Crippen LogP contribution in [0.3, 0.4) is 0 Å². The van der Waals surface area contributed by atoms with Crippen molar-refractivity contribution in [2.45, 2.75) is 19.4 Å². The molecule has 1 atom stereocenters. The van der Waals surface area contributed by atoms with Crippen LogP contribution < -0.4 is 10.2 Å². The summed E-state index contributed by atoms with van der Waals surface area (Å²) in [5.74, 6) is -2.71. The fraction of sp³-hybridized carbons (Fsp3) is 0.556. The van der Waals surface area contributed by atoms with E-state index in [-0.39, 0.29) is 29.2 Å². The average molecular weight is 442 g/mol. The molecule has 0 bridgehead atoms. The molecular weight excluding hydrogens is 416 g/mol. The molecule has 166 valence electrons. The number of hydrogen-bond acceptors (Lipinski definition) is 8. The second-order valence-electron chi connectivity index (χ2n) is 7.14. The van der Waals surface area contributed by atoms with E-state index in [1.807, 2.05) is 11.9 Å². The predicted octanol–water partition coefficient (Wildman–Crippen LogP) is 0.354. The van der Waals surface area contributed by atoms with E-state index in [2.05, 4.69) is 10.2 Å². The maximum Gasteiger partial charge on any atom is 0.326 e. The van der Waals surface area contributed by atoms with Crippen LogP contribution in [0.25, 0.3) is 0 Å². The number of carboxylic acid groups (broad SMARTS) is 1. The summed E-state index contributed by atoms with van der Waals surface area (Å²) in [6.45, 7) is 4.16. The summed E-state index contributed by atoms with van der Waals surface area (Å²) in [7, 11) is -1.44. The van der Waals surface area contributed by atoms with Crippen molar-refractivity contribution in [2.24, 2.45) is 0 Å². The Morgan fingerprint density at radius 2 is 1.90 bits per heavy atom. The van der Waals surface area contributed by atoms with E-state index in [9.17, 15) is 33.2 Å². The number of piperazine rings is 1. The molecule has 0 aromatic heterocycles. The smallest absolute Gasteiger partial charge is 0.326 e. The highest BCUT2D eigenvalue weighted by Crippen LogP contribution is 2.30. The summed E-state index contributed by atoms with van der Waals surface area (Å²) < 4.78 is 23.2. The van der Waals surface area contributed by atoms with Gasteiger partial charge in [-0.05, 0) is 25.6 Å². The summed E-state index contributed by atoms with van der Waals surface area (Å²) in [5.41, 5.74) is 0.0882. The summed E-state index contributed by atoms with van der Waals surface area (Å²) in [4.78, 5) is 38.9. The zero-order chi connectivity index (χ0) is 22.5. The Balaban J connectivity index is 2.19. The van der Waals surface area contributed by atoms with Crippen molar-refractivity contribution in [1.29, 1.82) is 0 Å². The summed E-state index contributed by atoms with van der Waals surface area (Å²) >= 11 is 0. The normalized spacial score (nSPS) is 16.1. The first-order chi connectivity index (χ1) is 14.0. The van der Waals surface area contributed by atoms with Gasteiger partial charge in [0.15, 0.2) is 0 Å². The maximum atomic E-state index is 12.5. The maximum absolute atomic E-state index is 12.5. The van der Waals surface area contributed by atoms with Gasteiger partial charge in [0.05, 0.1) is 10.7 Å². The van der Waals surface area contributed by atoms with Gasteiger partial charge < -0.3 is 20.2 Å². The molecule has 0 aliphatic carbocycles. The zero-order valence-corrected chi connectivity index (χ0v) is 17.7. The number of amides is 1. The van der Waals surface area contributed by atoms with E-state index in [0.717, 1.165) is 19.2 Å². The Morgan fingerprint density at radius 1 is 1.27 bits per heavy atom. The van der Waals surface area contributed by atoms with E-state index in [0.29, 0.717) is 18.8 Å². The van der Waals surface area contributed by atoms with Crippen molar-refractivity contribution < 1.29 is 28.0 Å². The largest absolute Gasteiger partial charge is 0.480 e. The molecular formula is C18H26N4O7S. The van der Waals surface area contributed by atoms with E-state index in [1.54, 1.807) is 0 Å². The third-order valence-electron chi connectivity index (χ3n) is 5.04. The minimum Gasteiger partial charge on any atom is -0.480 e. The third-order valence-corrected chi connectivity index (χ3v) is 6.78. The fourth-order valence-corrected chi connectivity index (χ4v) is 3.95. The highest BCUT2D eigenvalue weighted by atomic mass is 32.2. The van der Waals surface area contributed by atoms with Gasteiger partial charge in [0, 0.05) is 43.6 Å². The van der Waals surface area contributed by atoms with Gasteiger partial charge in [-0.1, -0.05) is 6.92 Å². The highest BCUT2D eigenvalue weighted by molar-refractivity contribution is 7.91. The number of anilines is 1. The molecule has 0 radical (unpaired) electrons. The Morgan fingerprint density at radius 3 is 2.43 bits per heavy atom. The summed E-state index contributed by atoms with van der Waals surface area (Å²) in [6, 6.07) is 2.58. The van der Waals surface area contributed by atoms with Gasteiger partial charge in [-0.2, -0.15) is 0 Å². The average Bonchev–Trinajstić information content (AvgIpc) is 2.70. The first kappa shape index (κ1) is 23.5. The van der Waals surface area contributed by atoms with Crippen LogP contribution in [0.4, 0.5) is 11.4 Å². The minimum atomic E-state index is -3.40. The number of carbonyl (C=O) groups is 2. The number of sulfone groups is 1. The van der Waals surface area contributed by atoms with Crippen molar-refractivity contribution in [3.05, 3.63) is 33.9 Å². The van der Waals surface area contributed by atoms with Gasteiger partial charge in [-0.15, -0.1) is 0 Å². The van der Waals surface area contributed by atoms with Gasteiger partial charge in [0.1, 0.15) is 21.6 Å². The first-order valence-electron chi connectivity index (χ1n) is 9.50. The first-order valence-corrected chi connectivity index (χ1v) is 11.3. The quantitative estimate of drug-likeness (QED) is 0.408. The topological polar surface area (TPSA) is 150 Å². The number of aliphatic carboxylic acids is 1. The molecule has 1 saturated heterocycles. The van der Waals surface area contributed by atoms with Crippen molar-refractivity contribution in [2.75, 3.05) is 49.6 Å². The Kier molecular flexibility index (Phi) is 7.73. The number of rotatable bonds is 9. The third kappa shape index (κ3) is 6.13. The van der Waals surface area contributed by atoms with Crippen LogP contribution >= 0.6 is 0 Å². The van der Waals surface area contributed by atoms with Crippen molar-refractivity contribution >= 4 is 33.1 Å². The summed E-state index contributed by atoms with van der Waals surface area (Å²) in [5, 5.41) is 23.1. The number of nitrogens with one attached hydrogen (secondary N) is 1. The molecule has 1 aliphatic heterocycles. The van der Waals surface area contributed by atoms with E-state index in [4.69, 9.17) is 0 Å². The highest BCUT2D eigenvalue weighted by Gasteiger charge is 2.27. The van der Waals surface area contributed by atoms with Crippen LogP contribution in [0.15, 0.2) is 18.2 Å². The van der Waals surface area contributed by atoms with Crippen molar-refractivity contribution in [3.63, 3.8) is 0 Å². The van der Waals surface area contributed by atoms with Crippen LogP contribution in [-0.2, 0) is 14.6 Å². The number of nitro benzene ring substituents is 1. The van der Waals surface area contributed by atoms with Crippen LogP contribution in [0.2, 0.25) is 0 Å². The molecule has 2 N–H and O–H groups in total. The molecule has 12 heteroatoms. The molecule has 30 heavy (non-hydrogen) atoms. The second kappa shape index (κ2) is 9.85. The van der Waals surface area contributed by atoms with Gasteiger partial charge in [0.2, 0.25) is 0 Å². The summed E-state index contributed by atoms with van der Waals surface area (Å²) in [6.07, 6.45) is -0.293. The number of carboxylic acids is 1. The molecule has 2 rings (SSSR count). The Bertz CT molecular complexity index is 911. The second-order valence-corrected chi connectivity index (χ2v) is 9.61. The number of benzene rings is 1. The lowest BCUT2D eigenvalue weighted by molar-refractivity contribution is -0.384. The predicted molar refractivity (Wildman–Crippen MR) is 111 cm³/mol. The molecule has 11 nitrogen and oxygen atoms in total. The van der Waals surface area contributed by atoms with Crippen molar-refractivity contribution in [1.82, 2.24) is 10.2 Å². The molecule has 0 saturated carbocycles. The van der Waals surface area contributed by atoms with Gasteiger partial charge in [0.25, 0.3) is 11.6 Å². The standard InChI is InChI=1S/C18H26N4O7S/c1-3-30(28,29)11-6-14(18(24)25)19-17(23)13-4-5-15(16(12-13)22(26)27)21-9-7-20(2)8-10-21/h4-5,12,14H,3,6-11H2,1-2H3,(H,19,23)(H,24,25). The number of likely N-dealkylation sites (N-methyl/N-ethyl adjacent to an activating group) is 1. The molecule has 1 amide bonds. The van der Waals surface area contributed by atoms with Gasteiger partial charge in [-0.3, -0.25) is 14.9 Å². The van der Waals surface area contributed by atoms with Gasteiger partial charge in [-0.25, -0.2) is 13.2 Å². The minimum absolute atomic E-state index is 0.0656. The SMILES string of the molecule is CCS(=O)(=O)CCC(NC(=O)c1ccc(N2CCN(C)CC2)c([N+](=O)[O-])c1)C(=O)O. The molecule has 1 aliphatic rings. The Labute approximate surface area is 174 Å². The molecule has 1 unspecified atom stereocenters. The zero-order valence-electron chi connectivity index (χ0n) is 16.9. The van der Waals surface area contributed by atoms with Crippen LogP contribution in [0.5, 0.6) is 0 Å². The molecule has 1 aromatic carbocycles. The van der Waals surface area contributed by atoms with Crippen LogP contribution in [-0.4, -0.2) is 86.0 Å². The lowest BCUT2D eigenvalue weighted by atomic mass is 10.1. The number of hydrogen-bond donors (Lipinski definition) is 2. The lowest BCUT2D eigenvalue weighted by Gasteiger charge is -2.33. The number of nitrogens with zero attached hydrogens (tertiary/aromatic N) is 3. The van der Waals surface area contributed by atoms with E-state index < -0.39 is 32.7 Å². The van der Waals surface area contributed by atoms with E-state index in [1.165, 1.54) is 19.1 Å². The molecule has 1 aromatic rings. The van der Waals surface area contributed by atoms with E-state index >= 15 is 0 Å².